The first-order valence-electron chi connectivity index (χ1n) is 4.31. The Morgan fingerprint density at radius 2 is 2.00 bits per heavy atom. The average Bonchev–Trinajstić information content (AvgIpc) is 2.35. The van der Waals surface area contributed by atoms with Gasteiger partial charge in [0.25, 0.3) is 0 Å². The molecule has 1 aromatic heterocycles. The lowest BCUT2D eigenvalue weighted by Gasteiger charge is -2.26. The summed E-state index contributed by atoms with van der Waals surface area (Å²) >= 11 is 0. The zero-order valence-electron chi connectivity index (χ0n) is 8.50. The van der Waals surface area contributed by atoms with Gasteiger partial charge in [0.1, 0.15) is 0 Å². The van der Waals surface area contributed by atoms with Crippen molar-refractivity contribution < 1.29 is 0 Å². The van der Waals surface area contributed by atoms with Gasteiger partial charge < -0.3 is 0 Å². The molecule has 1 aromatic rings. The number of hydrogen-bond acceptors (Lipinski definition) is 2. The molecule has 3 heteroatoms. The maximum atomic E-state index is 4.12. The Balaban J connectivity index is 2.97. The molecule has 0 aliphatic carbocycles. The lowest BCUT2D eigenvalue weighted by atomic mass is 9.79. The maximum Gasteiger partial charge on any atom is 0.0885 e. The lowest BCUT2D eigenvalue weighted by molar-refractivity contribution is 0.362. The largest absolute Gasteiger partial charge is 0.255 e. The molecule has 0 saturated heterocycles. The molecule has 12 heavy (non-hydrogen) atoms. The Morgan fingerprint density at radius 3 is 2.33 bits per heavy atom. The Kier molecular flexibility index (Phi) is 2.22. The molecule has 1 heterocycles. The third kappa shape index (κ3) is 1.49. The molecule has 3 nitrogen and oxygen atoms in total. The van der Waals surface area contributed by atoms with Gasteiger partial charge in [-0.1, -0.05) is 32.9 Å². The maximum absolute atomic E-state index is 4.12. The fourth-order valence-corrected chi connectivity index (χ4v) is 0.938. The zero-order valence-corrected chi connectivity index (χ0v) is 8.50. The van der Waals surface area contributed by atoms with E-state index in [0.717, 1.165) is 5.69 Å². The molecule has 0 aliphatic rings. The molecule has 0 aromatic carbocycles. The summed E-state index contributed by atoms with van der Waals surface area (Å²) in [6.45, 7) is 8.80. The predicted molar refractivity (Wildman–Crippen MR) is 48.9 cm³/mol. The number of aromatic nitrogens is 3. The summed E-state index contributed by atoms with van der Waals surface area (Å²) in [4.78, 5) is 0. The van der Waals surface area contributed by atoms with Crippen LogP contribution in [0.15, 0.2) is 6.20 Å². The molecule has 0 radical (unpaired) electrons. The Hall–Kier alpha value is -0.860. The highest BCUT2D eigenvalue weighted by Crippen LogP contribution is 2.28. The average molecular weight is 167 g/mol. The molecule has 0 fully saturated rings. The van der Waals surface area contributed by atoms with Crippen molar-refractivity contribution in [2.45, 2.75) is 33.1 Å². The van der Waals surface area contributed by atoms with Gasteiger partial charge in [-0.05, 0) is 5.92 Å². The SMILES string of the molecule is CC(C)C(C)(C)c1cn(C)nn1. The minimum Gasteiger partial charge on any atom is -0.255 e. The van der Waals surface area contributed by atoms with E-state index < -0.39 is 0 Å². The van der Waals surface area contributed by atoms with Crippen molar-refractivity contribution in [3.05, 3.63) is 11.9 Å². The standard InChI is InChI=1S/C9H17N3/c1-7(2)9(3,4)8-6-12(5)11-10-8/h6-7H,1-5H3. The summed E-state index contributed by atoms with van der Waals surface area (Å²) in [7, 11) is 1.90. The first kappa shape index (κ1) is 9.23. The minimum atomic E-state index is 0.119. The second kappa shape index (κ2) is 2.88. The van der Waals surface area contributed by atoms with Gasteiger partial charge in [0.15, 0.2) is 0 Å². The monoisotopic (exact) mass is 167 g/mol. The quantitative estimate of drug-likeness (QED) is 0.671. The van der Waals surface area contributed by atoms with Crippen molar-refractivity contribution in [1.29, 1.82) is 0 Å². The normalized spacial score (nSPS) is 12.5. The Bertz CT molecular complexity index is 260. The molecule has 0 amide bonds. The summed E-state index contributed by atoms with van der Waals surface area (Å²) in [5.74, 6) is 0.578. The van der Waals surface area contributed by atoms with Gasteiger partial charge in [-0.3, -0.25) is 4.68 Å². The number of hydrogen-bond donors (Lipinski definition) is 0. The lowest BCUT2D eigenvalue weighted by Crippen LogP contribution is -2.24. The first-order chi connectivity index (χ1) is 5.44. The van der Waals surface area contributed by atoms with Gasteiger partial charge in [0, 0.05) is 18.7 Å². The van der Waals surface area contributed by atoms with Gasteiger partial charge >= 0.3 is 0 Å². The predicted octanol–water partition coefficient (Wildman–Crippen LogP) is 1.75. The molecule has 68 valence electrons. The van der Waals surface area contributed by atoms with Crippen LogP contribution in [-0.2, 0) is 12.5 Å². The van der Waals surface area contributed by atoms with E-state index in [1.807, 2.05) is 13.2 Å². The van der Waals surface area contributed by atoms with E-state index in [0.29, 0.717) is 5.92 Å². The van der Waals surface area contributed by atoms with Crippen LogP contribution >= 0.6 is 0 Å². The smallest absolute Gasteiger partial charge is 0.0885 e. The molecule has 0 unspecified atom stereocenters. The molecule has 0 spiro atoms. The van der Waals surface area contributed by atoms with Crippen LogP contribution in [0.4, 0.5) is 0 Å². The molecule has 1 rings (SSSR count). The van der Waals surface area contributed by atoms with Crippen molar-refractivity contribution >= 4 is 0 Å². The zero-order chi connectivity index (χ0) is 9.35. The van der Waals surface area contributed by atoms with Crippen LogP contribution in [-0.4, -0.2) is 15.0 Å². The van der Waals surface area contributed by atoms with Crippen LogP contribution in [0.3, 0.4) is 0 Å². The van der Waals surface area contributed by atoms with Crippen LogP contribution in [0.2, 0.25) is 0 Å². The van der Waals surface area contributed by atoms with Gasteiger partial charge in [-0.2, -0.15) is 0 Å². The van der Waals surface area contributed by atoms with Crippen molar-refractivity contribution in [1.82, 2.24) is 15.0 Å². The van der Waals surface area contributed by atoms with Crippen molar-refractivity contribution in [2.75, 3.05) is 0 Å². The van der Waals surface area contributed by atoms with Crippen molar-refractivity contribution in [3.63, 3.8) is 0 Å². The van der Waals surface area contributed by atoms with Gasteiger partial charge in [-0.15, -0.1) is 5.10 Å². The highest BCUT2D eigenvalue weighted by Gasteiger charge is 2.27. The van der Waals surface area contributed by atoms with Crippen LogP contribution in [0, 0.1) is 5.92 Å². The molecular formula is C9H17N3. The highest BCUT2D eigenvalue weighted by molar-refractivity contribution is 5.09. The van der Waals surface area contributed by atoms with Gasteiger partial charge in [0.05, 0.1) is 5.69 Å². The summed E-state index contributed by atoms with van der Waals surface area (Å²) in [5, 5.41) is 8.05. The summed E-state index contributed by atoms with van der Waals surface area (Å²) < 4.78 is 1.75. The molecule has 0 bridgehead atoms. The van der Waals surface area contributed by atoms with E-state index in [9.17, 15) is 0 Å². The number of nitrogens with zero attached hydrogens (tertiary/aromatic N) is 3. The van der Waals surface area contributed by atoms with Crippen LogP contribution in [0.25, 0.3) is 0 Å². The number of rotatable bonds is 2. The minimum absolute atomic E-state index is 0.119. The Labute approximate surface area is 73.8 Å². The third-order valence-corrected chi connectivity index (χ3v) is 2.71. The van der Waals surface area contributed by atoms with E-state index in [2.05, 4.69) is 38.0 Å². The van der Waals surface area contributed by atoms with E-state index >= 15 is 0 Å². The summed E-state index contributed by atoms with van der Waals surface area (Å²) in [6.07, 6.45) is 1.99. The second-order valence-corrected chi connectivity index (χ2v) is 4.15. The molecular weight excluding hydrogens is 150 g/mol. The van der Waals surface area contributed by atoms with E-state index in [1.165, 1.54) is 0 Å². The fraction of sp³-hybridized carbons (Fsp3) is 0.778. The van der Waals surface area contributed by atoms with Gasteiger partial charge in [-0.25, -0.2) is 0 Å². The van der Waals surface area contributed by atoms with Crippen molar-refractivity contribution in [2.24, 2.45) is 13.0 Å². The molecule has 0 saturated carbocycles. The third-order valence-electron chi connectivity index (χ3n) is 2.71. The van der Waals surface area contributed by atoms with E-state index in [4.69, 9.17) is 0 Å². The fourth-order valence-electron chi connectivity index (χ4n) is 0.938. The molecule has 0 N–H and O–H groups in total. The van der Waals surface area contributed by atoms with Crippen LogP contribution < -0.4 is 0 Å². The van der Waals surface area contributed by atoms with Crippen molar-refractivity contribution in [3.8, 4) is 0 Å². The summed E-state index contributed by atoms with van der Waals surface area (Å²) in [5.41, 5.74) is 1.19. The number of aryl methyl sites for hydroxylation is 1. The van der Waals surface area contributed by atoms with Gasteiger partial charge in [0.2, 0.25) is 0 Å². The van der Waals surface area contributed by atoms with E-state index in [-0.39, 0.29) is 5.41 Å². The van der Waals surface area contributed by atoms with Crippen LogP contribution in [0.5, 0.6) is 0 Å². The second-order valence-electron chi connectivity index (χ2n) is 4.15. The topological polar surface area (TPSA) is 30.7 Å². The molecule has 0 atom stereocenters. The Morgan fingerprint density at radius 1 is 1.42 bits per heavy atom. The summed E-state index contributed by atoms with van der Waals surface area (Å²) in [6, 6.07) is 0. The highest BCUT2D eigenvalue weighted by atomic mass is 15.4. The molecule has 0 aliphatic heterocycles. The first-order valence-corrected chi connectivity index (χ1v) is 4.31. The van der Waals surface area contributed by atoms with E-state index in [1.54, 1.807) is 4.68 Å². The van der Waals surface area contributed by atoms with Crippen LogP contribution in [0.1, 0.15) is 33.4 Å².